The van der Waals surface area contributed by atoms with Crippen LogP contribution in [-0.2, 0) is 0 Å². The summed E-state index contributed by atoms with van der Waals surface area (Å²) in [7, 11) is 2.28. The van der Waals surface area contributed by atoms with Gasteiger partial charge in [-0.25, -0.2) is 0 Å². The van der Waals surface area contributed by atoms with Crippen LogP contribution in [0.15, 0.2) is 48.5 Å². The van der Waals surface area contributed by atoms with Gasteiger partial charge in [-0.2, -0.15) is 0 Å². The minimum Gasteiger partial charge on any atom is -1.00 e. The van der Waals surface area contributed by atoms with Crippen molar-refractivity contribution in [2.24, 2.45) is 0 Å². The third kappa shape index (κ3) is 1.69. The first-order valence-electron chi connectivity index (χ1n) is 6.07. The van der Waals surface area contributed by atoms with Gasteiger partial charge in [0.25, 0.3) is 0 Å². The number of nitrogens with one attached hydrogen (secondary N) is 1. The SMILES string of the molecule is CC[N+]1(C)c2ccccc2Nc2ccccc21.[Cl-]. The standard InChI is InChI=1S/C15H17N2.ClH/c1-3-17(2)14-10-6-4-8-12(14)16-13-9-5-7-11-15(13)17;/h4-11,16H,3H2,1-2H3;1H/q+1;/p-1. The molecule has 0 aromatic heterocycles. The molecule has 18 heavy (non-hydrogen) atoms. The van der Waals surface area contributed by atoms with Crippen LogP contribution < -0.4 is 22.2 Å². The second-order valence-electron chi connectivity index (χ2n) is 4.67. The molecule has 0 fully saturated rings. The molecule has 2 aromatic rings. The first kappa shape index (κ1) is 12.9. The van der Waals surface area contributed by atoms with Gasteiger partial charge in [0.05, 0.1) is 13.6 Å². The normalized spacial score (nSPS) is 14.8. The summed E-state index contributed by atoms with van der Waals surface area (Å²) in [5.74, 6) is 0. The minimum absolute atomic E-state index is 0. The lowest BCUT2D eigenvalue weighted by Gasteiger charge is -2.38. The summed E-state index contributed by atoms with van der Waals surface area (Å²) in [6.07, 6.45) is 0. The third-order valence-electron chi connectivity index (χ3n) is 3.77. The summed E-state index contributed by atoms with van der Waals surface area (Å²) < 4.78 is 0.860. The highest BCUT2D eigenvalue weighted by Gasteiger charge is 2.35. The molecule has 2 nitrogen and oxygen atoms in total. The van der Waals surface area contributed by atoms with Gasteiger partial charge in [0.1, 0.15) is 11.4 Å². The zero-order chi connectivity index (χ0) is 11.9. The zero-order valence-corrected chi connectivity index (χ0v) is 11.4. The van der Waals surface area contributed by atoms with Gasteiger partial charge >= 0.3 is 0 Å². The van der Waals surface area contributed by atoms with Crippen molar-refractivity contribution in [3.63, 3.8) is 0 Å². The van der Waals surface area contributed by atoms with Crippen molar-refractivity contribution in [1.82, 2.24) is 4.48 Å². The molecule has 1 aliphatic heterocycles. The van der Waals surface area contributed by atoms with Crippen LogP contribution in [0.3, 0.4) is 0 Å². The Hall–Kier alpha value is -1.51. The Kier molecular flexibility index (Phi) is 3.33. The second kappa shape index (κ2) is 4.63. The van der Waals surface area contributed by atoms with Crippen molar-refractivity contribution in [1.29, 1.82) is 0 Å². The molecule has 94 valence electrons. The lowest BCUT2D eigenvalue weighted by molar-refractivity contribution is -0.00000339. The molecule has 1 N–H and O–H groups in total. The van der Waals surface area contributed by atoms with E-state index in [1.54, 1.807) is 0 Å². The quantitative estimate of drug-likeness (QED) is 0.756. The summed E-state index contributed by atoms with van der Waals surface area (Å²) in [5.41, 5.74) is 5.12. The minimum atomic E-state index is 0. The molecule has 1 aliphatic rings. The molecule has 0 unspecified atom stereocenters. The monoisotopic (exact) mass is 260 g/mol. The highest BCUT2D eigenvalue weighted by atomic mass is 35.5. The smallest absolute Gasteiger partial charge is 0.161 e. The molecule has 0 atom stereocenters. The summed E-state index contributed by atoms with van der Waals surface area (Å²) in [4.78, 5) is 0. The molecule has 0 saturated carbocycles. The van der Waals surface area contributed by atoms with Crippen molar-refractivity contribution in [2.75, 3.05) is 18.9 Å². The summed E-state index contributed by atoms with van der Waals surface area (Å²) in [6, 6.07) is 17.1. The van der Waals surface area contributed by atoms with E-state index in [0.29, 0.717) is 0 Å². The molecule has 0 radical (unpaired) electrons. The van der Waals surface area contributed by atoms with E-state index in [9.17, 15) is 0 Å². The number of hydrogen-bond acceptors (Lipinski definition) is 1. The van der Waals surface area contributed by atoms with Crippen molar-refractivity contribution >= 4 is 22.7 Å². The maximum absolute atomic E-state index is 3.51. The highest BCUT2D eigenvalue weighted by molar-refractivity contribution is 5.88. The first-order valence-corrected chi connectivity index (χ1v) is 6.07. The van der Waals surface area contributed by atoms with Crippen LogP contribution in [0.5, 0.6) is 0 Å². The number of benzene rings is 2. The maximum atomic E-state index is 3.51. The molecule has 0 aliphatic carbocycles. The number of anilines is 2. The summed E-state index contributed by atoms with van der Waals surface area (Å²) in [5, 5.41) is 3.51. The van der Waals surface area contributed by atoms with Gasteiger partial charge in [0.2, 0.25) is 0 Å². The van der Waals surface area contributed by atoms with Crippen LogP contribution in [-0.4, -0.2) is 13.6 Å². The van der Waals surface area contributed by atoms with Crippen molar-refractivity contribution < 1.29 is 12.4 Å². The predicted molar refractivity (Wildman–Crippen MR) is 74.1 cm³/mol. The van der Waals surface area contributed by atoms with Gasteiger partial charge in [-0.15, -0.1) is 0 Å². The number of rotatable bonds is 1. The lowest BCUT2D eigenvalue weighted by atomic mass is 10.1. The number of hydrogen-bond donors (Lipinski definition) is 1. The number of para-hydroxylation sites is 4. The molecule has 0 spiro atoms. The zero-order valence-electron chi connectivity index (χ0n) is 10.7. The van der Waals surface area contributed by atoms with Crippen molar-refractivity contribution in [3.8, 4) is 0 Å². The predicted octanol–water partition coefficient (Wildman–Crippen LogP) is 1.04. The van der Waals surface area contributed by atoms with E-state index in [4.69, 9.17) is 0 Å². The van der Waals surface area contributed by atoms with Crippen molar-refractivity contribution in [3.05, 3.63) is 48.5 Å². The molecular formula is C15H17ClN2. The Morgan fingerprint density at radius 2 is 1.33 bits per heavy atom. The number of quaternary nitrogens is 1. The van der Waals surface area contributed by atoms with E-state index in [2.05, 4.69) is 67.8 Å². The van der Waals surface area contributed by atoms with Crippen molar-refractivity contribution in [2.45, 2.75) is 6.92 Å². The number of halogens is 1. The topological polar surface area (TPSA) is 12.0 Å². The Morgan fingerprint density at radius 1 is 0.889 bits per heavy atom. The van der Waals surface area contributed by atoms with E-state index in [1.165, 1.54) is 22.7 Å². The molecule has 0 amide bonds. The van der Waals surface area contributed by atoms with Gasteiger partial charge in [-0.05, 0) is 19.1 Å². The van der Waals surface area contributed by atoms with Crippen LogP contribution >= 0.6 is 0 Å². The van der Waals surface area contributed by atoms with E-state index in [-0.39, 0.29) is 12.4 Å². The van der Waals surface area contributed by atoms with Gasteiger partial charge < -0.3 is 17.7 Å². The average molecular weight is 261 g/mol. The molecule has 3 heteroatoms. The Bertz CT molecular complexity index is 520. The van der Waals surface area contributed by atoms with Crippen LogP contribution in [0.1, 0.15) is 6.92 Å². The average Bonchev–Trinajstić information content (AvgIpc) is 2.39. The lowest BCUT2D eigenvalue weighted by Crippen LogP contribution is -3.00. The Balaban J connectivity index is 0.00000120. The molecule has 0 bridgehead atoms. The van der Waals surface area contributed by atoms with E-state index in [1.807, 2.05) is 0 Å². The van der Waals surface area contributed by atoms with Gasteiger partial charge in [0, 0.05) is 12.1 Å². The maximum Gasteiger partial charge on any atom is 0.161 e. The number of nitrogens with zero attached hydrogens (tertiary/aromatic N) is 1. The van der Waals surface area contributed by atoms with Crippen LogP contribution in [0.25, 0.3) is 0 Å². The second-order valence-corrected chi connectivity index (χ2v) is 4.67. The molecular weight excluding hydrogens is 244 g/mol. The van der Waals surface area contributed by atoms with E-state index < -0.39 is 0 Å². The Labute approximate surface area is 114 Å². The fraction of sp³-hybridized carbons (Fsp3) is 0.200. The summed E-state index contributed by atoms with van der Waals surface area (Å²) in [6.45, 7) is 3.29. The highest BCUT2D eigenvalue weighted by Crippen LogP contribution is 2.47. The Morgan fingerprint density at radius 3 is 1.78 bits per heavy atom. The number of fused-ring (bicyclic) bond motifs is 2. The molecule has 0 saturated heterocycles. The third-order valence-corrected chi connectivity index (χ3v) is 3.77. The largest absolute Gasteiger partial charge is 1.00 e. The first-order chi connectivity index (χ1) is 8.25. The van der Waals surface area contributed by atoms with Gasteiger partial charge in [0.15, 0.2) is 11.4 Å². The van der Waals surface area contributed by atoms with E-state index >= 15 is 0 Å². The fourth-order valence-electron chi connectivity index (χ4n) is 2.63. The van der Waals surface area contributed by atoms with Crippen LogP contribution in [0.2, 0.25) is 0 Å². The fourth-order valence-corrected chi connectivity index (χ4v) is 2.63. The van der Waals surface area contributed by atoms with E-state index in [0.717, 1.165) is 11.0 Å². The van der Waals surface area contributed by atoms with Gasteiger partial charge in [-0.3, -0.25) is 4.48 Å². The molecule has 1 heterocycles. The van der Waals surface area contributed by atoms with Crippen LogP contribution in [0, 0.1) is 0 Å². The summed E-state index contributed by atoms with van der Waals surface area (Å²) >= 11 is 0. The molecule has 2 aromatic carbocycles. The van der Waals surface area contributed by atoms with Gasteiger partial charge in [-0.1, -0.05) is 24.3 Å². The van der Waals surface area contributed by atoms with Crippen LogP contribution in [0.4, 0.5) is 22.7 Å². The molecule has 3 rings (SSSR count).